The summed E-state index contributed by atoms with van der Waals surface area (Å²) < 4.78 is 0. The van der Waals surface area contributed by atoms with Crippen LogP contribution in [0.4, 0.5) is 0 Å². The molecular weight excluding hydrogens is 919 g/mol. The summed E-state index contributed by atoms with van der Waals surface area (Å²) >= 11 is 8.02. The van der Waals surface area contributed by atoms with E-state index < -0.39 is 84.1 Å². The Hall–Kier alpha value is -1.54. The minimum atomic E-state index is -1.07. The molecule has 0 saturated carbocycles. The Morgan fingerprint density at radius 3 is 0.559 bits per heavy atom. The Morgan fingerprint density at radius 1 is 0.322 bits per heavy atom. The SMILES string of the molecule is CSCCC(N)C(=O)O.CSCCC(N)C(=O)O.CSCCC(N)C(=O)O.CSCCC(N)C(=O)O.CSCCC(N)C(=O)O.NC(CSSCC(N)C(=O)O)C(=O)O. The van der Waals surface area contributed by atoms with Gasteiger partial charge in [0.1, 0.15) is 42.3 Å². The van der Waals surface area contributed by atoms with E-state index in [0.29, 0.717) is 32.1 Å². The van der Waals surface area contributed by atoms with E-state index in [0.717, 1.165) is 28.8 Å². The van der Waals surface area contributed by atoms with Gasteiger partial charge >= 0.3 is 41.8 Å². The van der Waals surface area contributed by atoms with Crippen LogP contribution < -0.4 is 40.1 Å². The van der Waals surface area contributed by atoms with Gasteiger partial charge in [-0.1, -0.05) is 21.6 Å². The van der Waals surface area contributed by atoms with Crippen molar-refractivity contribution in [2.75, 3.05) is 71.5 Å². The van der Waals surface area contributed by atoms with Gasteiger partial charge in [-0.15, -0.1) is 0 Å². The molecule has 21 nitrogen and oxygen atoms in total. The molecule has 0 amide bonds. The van der Waals surface area contributed by atoms with E-state index >= 15 is 0 Å². The summed E-state index contributed by atoms with van der Waals surface area (Å²) in [4.78, 5) is 70.9. The second kappa shape index (κ2) is 49.1. The van der Waals surface area contributed by atoms with E-state index in [2.05, 4.69) is 0 Å². The van der Waals surface area contributed by atoms with E-state index in [9.17, 15) is 33.6 Å². The summed E-state index contributed by atoms with van der Waals surface area (Å²) in [5, 5.41) is 58.2. The fourth-order valence-corrected chi connectivity index (χ4v) is 6.90. The fraction of sp³-hybridized carbons (Fsp3) is 0.774. The van der Waals surface area contributed by atoms with Gasteiger partial charge in [0, 0.05) is 11.5 Å². The van der Waals surface area contributed by atoms with Crippen LogP contribution in [-0.2, 0) is 33.6 Å². The highest BCUT2D eigenvalue weighted by molar-refractivity contribution is 8.76. The molecule has 0 fully saturated rings. The second-order valence-corrected chi connectivity index (χ2v) is 18.6. The molecule has 0 aliphatic heterocycles. The summed E-state index contributed by atoms with van der Waals surface area (Å²) in [7, 11) is 2.41. The lowest BCUT2D eigenvalue weighted by molar-refractivity contribution is -0.139. The predicted molar refractivity (Wildman–Crippen MR) is 249 cm³/mol. The van der Waals surface area contributed by atoms with E-state index in [1.165, 1.54) is 21.6 Å². The zero-order valence-corrected chi connectivity index (χ0v) is 39.6. The molecule has 0 radical (unpaired) electrons. The summed E-state index contributed by atoms with van der Waals surface area (Å²) in [6.45, 7) is 0. The van der Waals surface area contributed by atoms with Gasteiger partial charge in [-0.3, -0.25) is 33.6 Å². The van der Waals surface area contributed by atoms with E-state index in [1.807, 2.05) is 31.3 Å². The molecule has 0 aliphatic carbocycles. The van der Waals surface area contributed by atoms with Gasteiger partial charge in [0.15, 0.2) is 0 Å². The van der Waals surface area contributed by atoms with Gasteiger partial charge in [0.05, 0.1) is 0 Å². The zero-order valence-electron chi connectivity index (χ0n) is 33.9. The highest BCUT2D eigenvalue weighted by atomic mass is 33.1. The molecule has 352 valence electrons. The maximum absolute atomic E-state index is 10.3. The van der Waals surface area contributed by atoms with Gasteiger partial charge in [-0.05, 0) is 92.1 Å². The van der Waals surface area contributed by atoms with Gasteiger partial charge in [-0.25, -0.2) is 0 Å². The molecule has 7 unspecified atom stereocenters. The maximum Gasteiger partial charge on any atom is 0.321 e. The largest absolute Gasteiger partial charge is 0.480 e. The van der Waals surface area contributed by atoms with E-state index in [-0.39, 0.29) is 11.5 Å². The van der Waals surface area contributed by atoms with Crippen molar-refractivity contribution in [2.45, 2.75) is 74.4 Å². The zero-order chi connectivity index (χ0) is 47.5. The van der Waals surface area contributed by atoms with Crippen molar-refractivity contribution in [2.24, 2.45) is 40.1 Å². The molecular formula is C31H67N7O14S7. The van der Waals surface area contributed by atoms with Crippen molar-refractivity contribution in [3.8, 4) is 0 Å². The number of nitrogens with two attached hydrogens (primary N) is 7. The van der Waals surface area contributed by atoms with Crippen molar-refractivity contribution in [1.82, 2.24) is 0 Å². The van der Waals surface area contributed by atoms with E-state index in [4.69, 9.17) is 75.9 Å². The molecule has 0 aromatic carbocycles. The number of aliphatic carboxylic acids is 7. The molecule has 59 heavy (non-hydrogen) atoms. The smallest absolute Gasteiger partial charge is 0.321 e. The third-order valence-corrected chi connectivity index (χ3v) is 11.7. The Morgan fingerprint density at radius 2 is 0.458 bits per heavy atom. The first-order chi connectivity index (χ1) is 27.4. The average Bonchev–Trinajstić information content (AvgIpc) is 3.18. The minimum Gasteiger partial charge on any atom is -0.480 e. The van der Waals surface area contributed by atoms with Crippen molar-refractivity contribution >= 4 is 122 Å². The highest BCUT2D eigenvalue weighted by Gasteiger charge is 2.15. The molecule has 0 bridgehead atoms. The number of hydrogen-bond donors (Lipinski definition) is 14. The van der Waals surface area contributed by atoms with Crippen LogP contribution in [0.3, 0.4) is 0 Å². The van der Waals surface area contributed by atoms with Gasteiger partial charge < -0.3 is 75.9 Å². The number of carbonyl (C=O) groups is 7. The maximum atomic E-state index is 10.3. The molecule has 0 aromatic rings. The summed E-state index contributed by atoms with van der Waals surface area (Å²) in [5.74, 6) is -2.18. The van der Waals surface area contributed by atoms with Crippen molar-refractivity contribution in [3.63, 3.8) is 0 Å². The van der Waals surface area contributed by atoms with Gasteiger partial charge in [-0.2, -0.15) is 58.8 Å². The van der Waals surface area contributed by atoms with Crippen LogP contribution in [0.25, 0.3) is 0 Å². The molecule has 0 aliphatic rings. The van der Waals surface area contributed by atoms with Crippen LogP contribution in [0.1, 0.15) is 32.1 Å². The Kier molecular flexibility index (Phi) is 57.6. The summed E-state index contributed by atoms with van der Waals surface area (Å²) in [6, 6.07) is -5.26. The molecule has 7 atom stereocenters. The number of carboxylic acid groups (broad SMARTS) is 7. The van der Waals surface area contributed by atoms with Crippen LogP contribution in [0, 0.1) is 0 Å². The Bertz CT molecular complexity index is 954. The lowest BCUT2D eigenvalue weighted by atomic mass is 10.2. The molecule has 28 heteroatoms. The van der Waals surface area contributed by atoms with Crippen molar-refractivity contribution < 1.29 is 69.3 Å². The topological polar surface area (TPSA) is 443 Å². The average molecular weight is 986 g/mol. The lowest BCUT2D eigenvalue weighted by Crippen LogP contribution is -2.33. The van der Waals surface area contributed by atoms with Crippen molar-refractivity contribution in [3.05, 3.63) is 0 Å². The van der Waals surface area contributed by atoms with Crippen LogP contribution in [0.15, 0.2) is 0 Å². The first-order valence-corrected chi connectivity index (χ1v) is 26.4. The molecule has 0 rings (SSSR count). The number of thioether (sulfide) groups is 5. The summed E-state index contributed by atoms with van der Waals surface area (Å²) in [5.41, 5.74) is 36.4. The van der Waals surface area contributed by atoms with Crippen LogP contribution >= 0.6 is 80.4 Å². The van der Waals surface area contributed by atoms with Crippen LogP contribution in [-0.4, -0.2) is 191 Å². The summed E-state index contributed by atoms with van der Waals surface area (Å²) in [6.07, 6.45) is 12.4. The molecule has 0 spiro atoms. The van der Waals surface area contributed by atoms with Crippen molar-refractivity contribution in [1.29, 1.82) is 0 Å². The quantitative estimate of drug-likeness (QED) is 0.0379. The minimum absolute atomic E-state index is 0.229. The van der Waals surface area contributed by atoms with Crippen LogP contribution in [0.2, 0.25) is 0 Å². The Labute approximate surface area is 375 Å². The fourth-order valence-electron chi connectivity index (χ4n) is 2.23. The van der Waals surface area contributed by atoms with Gasteiger partial charge in [0.25, 0.3) is 0 Å². The third kappa shape index (κ3) is 58.6. The van der Waals surface area contributed by atoms with E-state index in [1.54, 1.807) is 58.8 Å². The standard InChI is InChI=1S/C6H12N2O4S2.5C5H11NO2S/c7-3(5(9)10)1-13-14-2-4(8)6(11)12;5*1-9-3-2-4(6)5(7)8/h3-4H,1-2,7-8H2,(H,9,10)(H,11,12);5*4H,2-3,6H2,1H3,(H,7,8). The number of rotatable bonds is 27. The molecule has 0 heterocycles. The Balaban J connectivity index is -0.000000144. The van der Waals surface area contributed by atoms with Crippen LogP contribution in [0.5, 0.6) is 0 Å². The molecule has 0 saturated heterocycles. The normalized spacial score (nSPS) is 13.5. The number of carboxylic acids is 7. The third-order valence-electron chi connectivity index (χ3n) is 5.96. The first-order valence-electron chi connectivity index (χ1n) is 16.9. The molecule has 0 aromatic heterocycles. The monoisotopic (exact) mass is 985 g/mol. The predicted octanol–water partition coefficient (Wildman–Crippen LogP) is -0.0514. The lowest BCUT2D eigenvalue weighted by Gasteiger charge is -2.07. The molecule has 21 N–H and O–H groups in total. The van der Waals surface area contributed by atoms with Gasteiger partial charge in [0.2, 0.25) is 0 Å². The first kappa shape index (κ1) is 69.2. The highest BCUT2D eigenvalue weighted by Crippen LogP contribution is 2.22. The second-order valence-electron chi connectivity index (χ2n) is 11.1. The number of hydrogen-bond acceptors (Lipinski definition) is 21.